The third-order valence-electron chi connectivity index (χ3n) is 4.06. The van der Waals surface area contributed by atoms with Crippen molar-refractivity contribution in [2.75, 3.05) is 7.05 Å². The molecule has 28 heavy (non-hydrogen) atoms. The molecular weight excluding hydrogens is 358 g/mol. The number of hydrogen-bond donors (Lipinski definition) is 2. The van der Waals surface area contributed by atoms with Gasteiger partial charge in [0.2, 0.25) is 5.91 Å². The van der Waals surface area contributed by atoms with Crippen LogP contribution >= 0.6 is 0 Å². The maximum absolute atomic E-state index is 12.7. The fourth-order valence-corrected chi connectivity index (χ4v) is 2.36. The van der Waals surface area contributed by atoms with Crippen LogP contribution < -0.4 is 10.9 Å². The zero-order chi connectivity index (χ0) is 21.5. The molecule has 1 rings (SSSR count). The second-order valence-corrected chi connectivity index (χ2v) is 7.56. The molecule has 0 aromatic heterocycles. The number of hydrogen-bond acceptors (Lipinski definition) is 6. The van der Waals surface area contributed by atoms with Gasteiger partial charge in [-0.1, -0.05) is 44.6 Å². The van der Waals surface area contributed by atoms with Gasteiger partial charge in [-0.25, -0.2) is 0 Å². The molecular formula is C20H27N5O3. The second-order valence-electron chi connectivity index (χ2n) is 7.56. The van der Waals surface area contributed by atoms with E-state index in [1.807, 2.05) is 25.2 Å². The third-order valence-corrected chi connectivity index (χ3v) is 4.06. The highest BCUT2D eigenvalue weighted by molar-refractivity contribution is 6.45. The standard InChI is InChI=1S/C20H27N5O3/c1-13-7-9-16(10-8-13)22-23-17(14(2)15(11-21)12-26)18(27)24-25(6)19(28)20(3,4)5/h7-9,12,16,22H,10H2,1-6H3,(H,24,27)/b15-14-,23-17-. The first-order valence-electron chi connectivity index (χ1n) is 8.85. The van der Waals surface area contributed by atoms with Crippen LogP contribution in [0.5, 0.6) is 0 Å². The molecule has 0 aromatic rings. The molecule has 0 aliphatic heterocycles. The molecule has 2 N–H and O–H groups in total. The number of nitriles is 1. The van der Waals surface area contributed by atoms with Crippen molar-refractivity contribution in [3.8, 4) is 6.07 Å². The number of amides is 2. The van der Waals surface area contributed by atoms with Crippen LogP contribution in [0.15, 0.2) is 40.0 Å². The zero-order valence-electron chi connectivity index (χ0n) is 17.2. The topological polar surface area (TPSA) is 115 Å². The number of nitrogens with one attached hydrogen (secondary N) is 2. The Morgan fingerprint density at radius 3 is 2.50 bits per heavy atom. The largest absolute Gasteiger partial charge is 0.302 e. The highest BCUT2D eigenvalue weighted by atomic mass is 16.2. The number of hydrazone groups is 1. The van der Waals surface area contributed by atoms with Gasteiger partial charge in [-0.05, 0) is 20.3 Å². The van der Waals surface area contributed by atoms with Crippen LogP contribution in [0.4, 0.5) is 0 Å². The van der Waals surface area contributed by atoms with Gasteiger partial charge in [-0.3, -0.25) is 24.8 Å². The predicted octanol–water partition coefficient (Wildman–Crippen LogP) is 1.78. The molecule has 0 saturated heterocycles. The summed E-state index contributed by atoms with van der Waals surface area (Å²) in [5.74, 6) is -1.01. The van der Waals surface area contributed by atoms with Crippen LogP contribution in [-0.2, 0) is 14.4 Å². The Morgan fingerprint density at radius 2 is 2.04 bits per heavy atom. The Hall–Kier alpha value is -3.21. The van der Waals surface area contributed by atoms with E-state index in [0.717, 1.165) is 10.6 Å². The highest BCUT2D eigenvalue weighted by Gasteiger charge is 2.28. The van der Waals surface area contributed by atoms with E-state index in [1.165, 1.54) is 14.0 Å². The summed E-state index contributed by atoms with van der Waals surface area (Å²) in [6, 6.07) is 1.62. The monoisotopic (exact) mass is 385 g/mol. The van der Waals surface area contributed by atoms with Gasteiger partial charge in [0.15, 0.2) is 12.0 Å². The average molecular weight is 385 g/mol. The first-order chi connectivity index (χ1) is 13.0. The van der Waals surface area contributed by atoms with Crippen LogP contribution in [0.2, 0.25) is 0 Å². The summed E-state index contributed by atoms with van der Waals surface area (Å²) in [6.07, 6.45) is 6.92. The summed E-state index contributed by atoms with van der Waals surface area (Å²) in [7, 11) is 1.43. The second kappa shape index (κ2) is 9.65. The van der Waals surface area contributed by atoms with Crippen molar-refractivity contribution in [2.24, 2.45) is 10.5 Å². The fraction of sp³-hybridized carbons (Fsp3) is 0.450. The SMILES string of the molecule is CC1=CCC(N/N=C(C(=O)NN(C)C(=O)C(C)(C)C)/C(C)=C(/C#N)C=O)C=C1. The van der Waals surface area contributed by atoms with Crippen LogP contribution in [0.3, 0.4) is 0 Å². The molecule has 0 radical (unpaired) electrons. The first-order valence-corrected chi connectivity index (χ1v) is 8.85. The van der Waals surface area contributed by atoms with Crippen LogP contribution in [-0.4, -0.2) is 41.9 Å². The van der Waals surface area contributed by atoms with E-state index >= 15 is 0 Å². The lowest BCUT2D eigenvalue weighted by Crippen LogP contribution is -2.50. The fourth-order valence-electron chi connectivity index (χ4n) is 2.36. The average Bonchev–Trinajstić information content (AvgIpc) is 2.62. The summed E-state index contributed by atoms with van der Waals surface area (Å²) >= 11 is 0. The van der Waals surface area contributed by atoms with Gasteiger partial charge in [-0.2, -0.15) is 10.4 Å². The van der Waals surface area contributed by atoms with E-state index in [0.29, 0.717) is 12.7 Å². The van der Waals surface area contributed by atoms with Crippen molar-refractivity contribution < 1.29 is 14.4 Å². The minimum Gasteiger partial charge on any atom is -0.302 e. The minimum absolute atomic E-state index is 0.116. The molecule has 1 unspecified atom stereocenters. The van der Waals surface area contributed by atoms with Crippen molar-refractivity contribution in [2.45, 2.75) is 47.1 Å². The molecule has 1 aliphatic rings. The van der Waals surface area contributed by atoms with Gasteiger partial charge in [0, 0.05) is 18.0 Å². The van der Waals surface area contributed by atoms with Gasteiger partial charge < -0.3 is 5.43 Å². The van der Waals surface area contributed by atoms with E-state index in [1.54, 1.807) is 26.8 Å². The number of rotatable bonds is 5. The number of aldehydes is 1. The quantitative estimate of drug-likeness (QED) is 0.246. The molecule has 0 fully saturated rings. The number of nitrogens with zero attached hydrogens (tertiary/aromatic N) is 3. The lowest BCUT2D eigenvalue weighted by atomic mass is 9.95. The van der Waals surface area contributed by atoms with Crippen molar-refractivity contribution in [3.05, 3.63) is 34.9 Å². The predicted molar refractivity (Wildman–Crippen MR) is 107 cm³/mol. The minimum atomic E-state index is -0.703. The van der Waals surface area contributed by atoms with Crippen molar-refractivity contribution in [3.63, 3.8) is 0 Å². The van der Waals surface area contributed by atoms with Gasteiger partial charge in [-0.15, -0.1) is 0 Å². The molecule has 0 aromatic carbocycles. The van der Waals surface area contributed by atoms with Crippen LogP contribution in [0, 0.1) is 16.7 Å². The van der Waals surface area contributed by atoms with Gasteiger partial charge >= 0.3 is 0 Å². The summed E-state index contributed by atoms with van der Waals surface area (Å²) in [6.45, 7) is 8.62. The smallest absolute Gasteiger partial charge is 0.290 e. The summed E-state index contributed by atoms with van der Waals surface area (Å²) in [5.41, 5.74) is 5.52. The molecule has 150 valence electrons. The number of allylic oxidation sites excluding steroid dienone is 3. The van der Waals surface area contributed by atoms with Gasteiger partial charge in [0.05, 0.1) is 11.6 Å². The zero-order valence-corrected chi connectivity index (χ0v) is 17.2. The molecule has 1 aliphatic carbocycles. The van der Waals surface area contributed by atoms with E-state index in [2.05, 4.69) is 16.0 Å². The molecule has 8 nitrogen and oxygen atoms in total. The van der Waals surface area contributed by atoms with Crippen molar-refractivity contribution >= 4 is 23.8 Å². The lowest BCUT2D eigenvalue weighted by Gasteiger charge is -2.26. The summed E-state index contributed by atoms with van der Waals surface area (Å²) < 4.78 is 0. The number of carbonyl (C=O) groups is 3. The van der Waals surface area contributed by atoms with Crippen molar-refractivity contribution in [1.82, 2.24) is 15.9 Å². The lowest BCUT2D eigenvalue weighted by molar-refractivity contribution is -0.144. The van der Waals surface area contributed by atoms with E-state index < -0.39 is 11.3 Å². The van der Waals surface area contributed by atoms with Crippen LogP contribution in [0.1, 0.15) is 41.0 Å². The molecule has 0 heterocycles. The Morgan fingerprint density at radius 1 is 1.39 bits per heavy atom. The molecule has 0 saturated carbocycles. The van der Waals surface area contributed by atoms with Gasteiger partial charge in [0.25, 0.3) is 5.91 Å². The van der Waals surface area contributed by atoms with E-state index in [9.17, 15) is 14.4 Å². The molecule has 0 bridgehead atoms. The molecule has 1 atom stereocenters. The normalized spacial score (nSPS) is 17.7. The third kappa shape index (κ3) is 6.20. The first kappa shape index (κ1) is 22.8. The molecule has 0 spiro atoms. The number of carbonyl (C=O) groups excluding carboxylic acids is 3. The van der Waals surface area contributed by atoms with E-state index in [4.69, 9.17) is 5.26 Å². The number of hydrazine groups is 1. The Labute approximate surface area is 165 Å². The Bertz CT molecular complexity index is 807. The molecule has 2 amide bonds. The maximum atomic E-state index is 12.7. The molecule has 8 heteroatoms. The Kier molecular flexibility index (Phi) is 7.87. The Balaban J connectivity index is 3.12. The summed E-state index contributed by atoms with van der Waals surface area (Å²) in [5, 5.41) is 14.3. The van der Waals surface area contributed by atoms with Crippen molar-refractivity contribution in [1.29, 1.82) is 5.26 Å². The highest BCUT2D eigenvalue weighted by Crippen LogP contribution is 2.15. The maximum Gasteiger partial charge on any atom is 0.290 e. The summed E-state index contributed by atoms with van der Waals surface area (Å²) in [4.78, 5) is 36.2. The van der Waals surface area contributed by atoms with Crippen LogP contribution in [0.25, 0.3) is 0 Å². The van der Waals surface area contributed by atoms with Gasteiger partial charge in [0.1, 0.15) is 6.07 Å². The van der Waals surface area contributed by atoms with E-state index in [-0.39, 0.29) is 28.8 Å².